The van der Waals surface area contributed by atoms with Crippen LogP contribution in [0.5, 0.6) is 5.75 Å². The number of sulfonamides is 1. The van der Waals surface area contributed by atoms with E-state index in [1.54, 1.807) is 29.6 Å². The zero-order chi connectivity index (χ0) is 21.0. The van der Waals surface area contributed by atoms with Crippen LogP contribution in [0.4, 0.5) is 11.4 Å². The molecule has 29 heavy (non-hydrogen) atoms. The second kappa shape index (κ2) is 9.11. The van der Waals surface area contributed by atoms with Gasteiger partial charge in [-0.25, -0.2) is 8.42 Å². The van der Waals surface area contributed by atoms with Gasteiger partial charge in [0.25, 0.3) is 0 Å². The summed E-state index contributed by atoms with van der Waals surface area (Å²) in [6.45, 7) is 5.21. The Morgan fingerprint density at radius 3 is 2.38 bits per heavy atom. The van der Waals surface area contributed by atoms with Crippen molar-refractivity contribution in [2.75, 3.05) is 30.8 Å². The molecule has 6 nitrogen and oxygen atoms in total. The molecule has 156 valence electrons. The predicted molar refractivity (Wildman–Crippen MR) is 121 cm³/mol. The van der Waals surface area contributed by atoms with Crippen LogP contribution in [-0.2, 0) is 10.0 Å². The lowest BCUT2D eigenvalue weighted by atomic mass is 10.1. The molecular weight excluding hydrogens is 406 g/mol. The molecule has 2 aromatic rings. The number of benzene rings is 2. The number of aryl methyl sites for hydroxylation is 2. The quantitative estimate of drug-likeness (QED) is 0.686. The fourth-order valence-corrected chi connectivity index (χ4v) is 5.08. The van der Waals surface area contributed by atoms with Gasteiger partial charge in [0.15, 0.2) is 5.11 Å². The zero-order valence-electron chi connectivity index (χ0n) is 17.0. The van der Waals surface area contributed by atoms with Gasteiger partial charge in [-0.3, -0.25) is 0 Å². The molecular formula is C21H27N3O3S2. The summed E-state index contributed by atoms with van der Waals surface area (Å²) >= 11 is 5.43. The normalized spacial score (nSPS) is 15.0. The summed E-state index contributed by atoms with van der Waals surface area (Å²) in [5.41, 5.74) is 3.73. The third kappa shape index (κ3) is 5.07. The molecule has 1 aliphatic rings. The lowest BCUT2D eigenvalue weighted by Gasteiger charge is -2.26. The average Bonchev–Trinajstić information content (AvgIpc) is 2.71. The SMILES string of the molecule is COc1ccc(S(=O)(=O)N2CCCCC2)cc1NC(=S)Nc1ccc(C)c(C)c1. The minimum atomic E-state index is -3.54. The Morgan fingerprint density at radius 2 is 1.72 bits per heavy atom. The first-order valence-electron chi connectivity index (χ1n) is 9.65. The highest BCUT2D eigenvalue weighted by atomic mass is 32.2. The number of hydrogen-bond acceptors (Lipinski definition) is 4. The van der Waals surface area contributed by atoms with E-state index in [0.717, 1.165) is 30.5 Å². The maximum absolute atomic E-state index is 13.0. The number of nitrogens with one attached hydrogen (secondary N) is 2. The monoisotopic (exact) mass is 433 g/mol. The third-order valence-corrected chi connectivity index (χ3v) is 7.24. The first-order valence-corrected chi connectivity index (χ1v) is 11.5. The summed E-state index contributed by atoms with van der Waals surface area (Å²) in [6, 6.07) is 10.8. The Hall–Kier alpha value is -2.16. The molecule has 0 atom stereocenters. The number of methoxy groups -OCH3 is 1. The molecule has 1 saturated heterocycles. The fourth-order valence-electron chi connectivity index (χ4n) is 3.30. The minimum Gasteiger partial charge on any atom is -0.495 e. The molecule has 0 bridgehead atoms. The van der Waals surface area contributed by atoms with Gasteiger partial charge in [0.05, 0.1) is 17.7 Å². The van der Waals surface area contributed by atoms with E-state index in [9.17, 15) is 8.42 Å². The summed E-state index contributed by atoms with van der Waals surface area (Å²) in [7, 11) is -2.00. The Kier molecular flexibility index (Phi) is 6.77. The molecule has 1 heterocycles. The summed E-state index contributed by atoms with van der Waals surface area (Å²) in [5, 5.41) is 6.57. The molecule has 2 aromatic carbocycles. The predicted octanol–water partition coefficient (Wildman–Crippen LogP) is 4.30. The molecule has 2 N–H and O–H groups in total. The topological polar surface area (TPSA) is 70.7 Å². The minimum absolute atomic E-state index is 0.233. The molecule has 1 fully saturated rings. The van der Waals surface area contributed by atoms with Crippen molar-refractivity contribution < 1.29 is 13.2 Å². The van der Waals surface area contributed by atoms with Crippen LogP contribution in [0, 0.1) is 13.8 Å². The van der Waals surface area contributed by atoms with Gasteiger partial charge in [0.2, 0.25) is 10.0 Å². The van der Waals surface area contributed by atoms with Crippen molar-refractivity contribution in [2.45, 2.75) is 38.0 Å². The molecule has 3 rings (SSSR count). The van der Waals surface area contributed by atoms with Gasteiger partial charge in [-0.15, -0.1) is 0 Å². The number of rotatable bonds is 5. The molecule has 8 heteroatoms. The van der Waals surface area contributed by atoms with Crippen molar-refractivity contribution in [3.05, 3.63) is 47.5 Å². The van der Waals surface area contributed by atoms with Crippen LogP contribution in [0.15, 0.2) is 41.3 Å². The lowest BCUT2D eigenvalue weighted by molar-refractivity contribution is 0.346. The lowest BCUT2D eigenvalue weighted by Crippen LogP contribution is -2.35. The van der Waals surface area contributed by atoms with Crippen molar-refractivity contribution in [3.8, 4) is 5.75 Å². The van der Waals surface area contributed by atoms with Crippen LogP contribution < -0.4 is 15.4 Å². The van der Waals surface area contributed by atoms with Crippen LogP contribution in [0.3, 0.4) is 0 Å². The van der Waals surface area contributed by atoms with Gasteiger partial charge in [-0.05, 0) is 80.4 Å². The Morgan fingerprint density at radius 1 is 1.00 bits per heavy atom. The van der Waals surface area contributed by atoms with Crippen molar-refractivity contribution in [1.29, 1.82) is 0 Å². The van der Waals surface area contributed by atoms with Crippen molar-refractivity contribution in [1.82, 2.24) is 4.31 Å². The van der Waals surface area contributed by atoms with E-state index in [4.69, 9.17) is 17.0 Å². The van der Waals surface area contributed by atoms with E-state index in [0.29, 0.717) is 29.6 Å². The number of piperidine rings is 1. The van der Waals surface area contributed by atoms with Crippen LogP contribution >= 0.6 is 12.2 Å². The fraction of sp³-hybridized carbons (Fsp3) is 0.381. The van der Waals surface area contributed by atoms with Crippen LogP contribution in [-0.4, -0.2) is 38.0 Å². The molecule has 0 unspecified atom stereocenters. The molecule has 1 aliphatic heterocycles. The maximum atomic E-state index is 13.0. The molecule has 0 aliphatic carbocycles. The van der Waals surface area contributed by atoms with Crippen molar-refractivity contribution in [2.24, 2.45) is 0 Å². The van der Waals surface area contributed by atoms with Gasteiger partial charge < -0.3 is 15.4 Å². The Bertz CT molecular complexity index is 1000. The number of anilines is 2. The molecule has 0 spiro atoms. The van der Waals surface area contributed by atoms with Crippen LogP contribution in [0.25, 0.3) is 0 Å². The zero-order valence-corrected chi connectivity index (χ0v) is 18.6. The molecule has 0 amide bonds. The van der Waals surface area contributed by atoms with Crippen LogP contribution in [0.2, 0.25) is 0 Å². The molecule has 0 radical (unpaired) electrons. The maximum Gasteiger partial charge on any atom is 0.243 e. The van der Waals surface area contributed by atoms with E-state index in [1.807, 2.05) is 25.1 Å². The highest BCUT2D eigenvalue weighted by molar-refractivity contribution is 7.89. The van der Waals surface area contributed by atoms with E-state index >= 15 is 0 Å². The average molecular weight is 434 g/mol. The van der Waals surface area contributed by atoms with E-state index in [2.05, 4.69) is 17.6 Å². The summed E-state index contributed by atoms with van der Waals surface area (Å²) in [4.78, 5) is 0.233. The van der Waals surface area contributed by atoms with Gasteiger partial charge in [0, 0.05) is 18.8 Å². The van der Waals surface area contributed by atoms with E-state index in [1.165, 1.54) is 5.56 Å². The van der Waals surface area contributed by atoms with E-state index in [-0.39, 0.29) is 4.90 Å². The van der Waals surface area contributed by atoms with Gasteiger partial charge in [0.1, 0.15) is 5.75 Å². The second-order valence-corrected chi connectivity index (χ2v) is 9.55. The third-order valence-electron chi connectivity index (χ3n) is 5.14. The number of thiocarbonyl (C=S) groups is 1. The highest BCUT2D eigenvalue weighted by Crippen LogP contribution is 2.30. The number of ether oxygens (including phenoxy) is 1. The number of hydrogen-bond donors (Lipinski definition) is 2. The summed E-state index contributed by atoms with van der Waals surface area (Å²) < 4.78 is 32.9. The standard InChI is InChI=1S/C21H27N3O3S2/c1-15-7-8-17(13-16(15)2)22-21(28)23-19-14-18(9-10-20(19)27-3)29(25,26)24-11-5-4-6-12-24/h7-10,13-14H,4-6,11-12H2,1-3H3,(H2,22,23,28). The highest BCUT2D eigenvalue weighted by Gasteiger charge is 2.26. The number of nitrogens with zero attached hydrogens (tertiary/aromatic N) is 1. The first kappa shape index (κ1) is 21.5. The van der Waals surface area contributed by atoms with Crippen molar-refractivity contribution >= 4 is 38.7 Å². The molecule has 0 aromatic heterocycles. The smallest absolute Gasteiger partial charge is 0.243 e. The molecule has 0 saturated carbocycles. The van der Waals surface area contributed by atoms with E-state index < -0.39 is 10.0 Å². The second-order valence-electron chi connectivity index (χ2n) is 7.20. The van der Waals surface area contributed by atoms with Gasteiger partial charge >= 0.3 is 0 Å². The largest absolute Gasteiger partial charge is 0.495 e. The van der Waals surface area contributed by atoms with Crippen molar-refractivity contribution in [3.63, 3.8) is 0 Å². The summed E-state index contributed by atoms with van der Waals surface area (Å²) in [6.07, 6.45) is 2.86. The van der Waals surface area contributed by atoms with Crippen LogP contribution in [0.1, 0.15) is 30.4 Å². The Labute approximate surface area is 178 Å². The summed E-state index contributed by atoms with van der Waals surface area (Å²) in [5.74, 6) is 0.520. The Balaban J connectivity index is 1.81. The van der Waals surface area contributed by atoms with Gasteiger partial charge in [-0.1, -0.05) is 12.5 Å². The van der Waals surface area contributed by atoms with Gasteiger partial charge in [-0.2, -0.15) is 4.31 Å². The first-order chi connectivity index (χ1) is 13.8.